The number of hydrogen-bond donors (Lipinski definition) is 1. The summed E-state index contributed by atoms with van der Waals surface area (Å²) in [5, 5.41) is 17.2. The number of nitrogens with zero attached hydrogens (tertiary/aromatic N) is 3. The van der Waals surface area contributed by atoms with Gasteiger partial charge in [0.05, 0.1) is 4.92 Å². The Kier molecular flexibility index (Phi) is 6.05. The highest BCUT2D eigenvalue weighted by Gasteiger charge is 2.24. The molecule has 2 rings (SSSR count). The van der Waals surface area contributed by atoms with Crippen LogP contribution in [-0.4, -0.2) is 39.4 Å². The molecule has 0 saturated heterocycles. The molecular formula is C17H20N4O5. The Bertz CT molecular complexity index is 817. The van der Waals surface area contributed by atoms with E-state index in [1.807, 2.05) is 13.8 Å². The third-order valence-corrected chi connectivity index (χ3v) is 3.90. The number of non-ortho nitro benzene ring substituents is 1. The van der Waals surface area contributed by atoms with Crippen LogP contribution in [0.4, 0.5) is 11.5 Å². The zero-order valence-electron chi connectivity index (χ0n) is 14.8. The van der Waals surface area contributed by atoms with Gasteiger partial charge in [-0.25, -0.2) is 0 Å². The number of nitro groups is 1. The number of hydrogen-bond acceptors (Lipinski definition) is 6. The molecule has 0 aliphatic carbocycles. The van der Waals surface area contributed by atoms with E-state index in [2.05, 4.69) is 10.5 Å². The Morgan fingerprint density at radius 3 is 2.69 bits per heavy atom. The highest BCUT2D eigenvalue weighted by atomic mass is 16.6. The molecule has 0 radical (unpaired) electrons. The van der Waals surface area contributed by atoms with E-state index in [9.17, 15) is 19.7 Å². The largest absolute Gasteiger partial charge is 0.360 e. The number of aryl methyl sites for hydroxylation is 1. The van der Waals surface area contributed by atoms with Crippen LogP contribution in [-0.2, 0) is 4.79 Å². The van der Waals surface area contributed by atoms with E-state index >= 15 is 0 Å². The fourth-order valence-electron chi connectivity index (χ4n) is 2.33. The number of anilines is 1. The van der Waals surface area contributed by atoms with Gasteiger partial charge in [0.1, 0.15) is 12.3 Å². The monoisotopic (exact) mass is 360 g/mol. The molecule has 138 valence electrons. The van der Waals surface area contributed by atoms with Crippen molar-refractivity contribution in [3.8, 4) is 0 Å². The van der Waals surface area contributed by atoms with E-state index in [-0.39, 0.29) is 29.7 Å². The van der Waals surface area contributed by atoms with Crippen molar-refractivity contribution in [3.63, 3.8) is 0 Å². The molecule has 9 nitrogen and oxygen atoms in total. The molecule has 0 bridgehead atoms. The number of carbonyl (C=O) groups excluding carboxylic acids is 2. The number of amides is 2. The lowest BCUT2D eigenvalue weighted by Crippen LogP contribution is -2.43. The van der Waals surface area contributed by atoms with Gasteiger partial charge in [0.15, 0.2) is 5.82 Å². The van der Waals surface area contributed by atoms with Crippen molar-refractivity contribution < 1.29 is 19.0 Å². The lowest BCUT2D eigenvalue weighted by molar-refractivity contribution is -0.384. The number of rotatable bonds is 7. The normalized spacial score (nSPS) is 11.7. The summed E-state index contributed by atoms with van der Waals surface area (Å²) in [5.41, 5.74) is -0.0212. The molecule has 0 aliphatic rings. The molecule has 1 heterocycles. The molecule has 0 saturated carbocycles. The van der Waals surface area contributed by atoms with Gasteiger partial charge < -0.3 is 14.7 Å². The average molecular weight is 360 g/mol. The van der Waals surface area contributed by atoms with Gasteiger partial charge in [-0.15, -0.1) is 0 Å². The Balaban J connectivity index is 2.18. The van der Waals surface area contributed by atoms with E-state index in [1.165, 1.54) is 29.2 Å². The molecule has 26 heavy (non-hydrogen) atoms. The van der Waals surface area contributed by atoms with Crippen LogP contribution in [0.1, 0.15) is 36.4 Å². The van der Waals surface area contributed by atoms with Crippen LogP contribution in [0.15, 0.2) is 34.9 Å². The number of nitrogens with one attached hydrogen (secondary N) is 1. The van der Waals surface area contributed by atoms with Gasteiger partial charge in [-0.05, 0) is 26.3 Å². The Morgan fingerprint density at radius 2 is 2.12 bits per heavy atom. The van der Waals surface area contributed by atoms with E-state index in [0.29, 0.717) is 12.2 Å². The fraction of sp³-hybridized carbons (Fsp3) is 0.353. The standard InChI is InChI=1S/C17H20N4O5/c1-4-11(2)20(10-16(22)18-15-8-12(3)26-19-15)17(23)13-6-5-7-14(9-13)21(24)25/h5-9,11H,4,10H2,1-3H3,(H,18,19,22). The molecule has 9 heteroatoms. The van der Waals surface area contributed by atoms with Crippen molar-refractivity contribution in [3.05, 3.63) is 51.8 Å². The van der Waals surface area contributed by atoms with Gasteiger partial charge >= 0.3 is 0 Å². The predicted octanol–water partition coefficient (Wildman–Crippen LogP) is 2.77. The van der Waals surface area contributed by atoms with Crippen LogP contribution in [0.2, 0.25) is 0 Å². The summed E-state index contributed by atoms with van der Waals surface area (Å²) < 4.78 is 4.88. The molecule has 0 aliphatic heterocycles. The SMILES string of the molecule is CCC(C)N(CC(=O)Nc1cc(C)on1)C(=O)c1cccc([N+](=O)[O-])c1. The van der Waals surface area contributed by atoms with Gasteiger partial charge in [0.25, 0.3) is 11.6 Å². The van der Waals surface area contributed by atoms with E-state index in [0.717, 1.165) is 0 Å². The van der Waals surface area contributed by atoms with E-state index in [1.54, 1.807) is 13.0 Å². The minimum Gasteiger partial charge on any atom is -0.360 e. The highest BCUT2D eigenvalue weighted by Crippen LogP contribution is 2.17. The first-order valence-corrected chi connectivity index (χ1v) is 8.10. The fourth-order valence-corrected chi connectivity index (χ4v) is 2.33. The van der Waals surface area contributed by atoms with Crippen LogP contribution in [0.25, 0.3) is 0 Å². The summed E-state index contributed by atoms with van der Waals surface area (Å²) in [5.74, 6) is -0.0712. The Labute approximate surface area is 150 Å². The van der Waals surface area contributed by atoms with Crippen molar-refractivity contribution in [2.75, 3.05) is 11.9 Å². The molecule has 1 atom stereocenters. The molecule has 1 unspecified atom stereocenters. The van der Waals surface area contributed by atoms with Gasteiger partial charge in [-0.2, -0.15) is 0 Å². The lowest BCUT2D eigenvalue weighted by atomic mass is 10.1. The average Bonchev–Trinajstić information content (AvgIpc) is 3.03. The maximum absolute atomic E-state index is 12.8. The topological polar surface area (TPSA) is 119 Å². The zero-order valence-corrected chi connectivity index (χ0v) is 14.8. The first-order valence-electron chi connectivity index (χ1n) is 8.10. The summed E-state index contributed by atoms with van der Waals surface area (Å²) in [4.78, 5) is 36.8. The van der Waals surface area contributed by atoms with Crippen molar-refractivity contribution in [1.29, 1.82) is 0 Å². The highest BCUT2D eigenvalue weighted by molar-refractivity contribution is 5.99. The second kappa shape index (κ2) is 8.24. The van der Waals surface area contributed by atoms with Crippen molar-refractivity contribution in [2.45, 2.75) is 33.2 Å². The first-order chi connectivity index (χ1) is 12.3. The summed E-state index contributed by atoms with van der Waals surface area (Å²) in [6.07, 6.45) is 0.622. The smallest absolute Gasteiger partial charge is 0.270 e. The number of nitro benzene ring substituents is 1. The quantitative estimate of drug-likeness (QED) is 0.599. The molecule has 0 fully saturated rings. The maximum atomic E-state index is 12.8. The summed E-state index contributed by atoms with van der Waals surface area (Å²) in [6, 6.07) is 6.78. The summed E-state index contributed by atoms with van der Waals surface area (Å²) >= 11 is 0. The summed E-state index contributed by atoms with van der Waals surface area (Å²) in [6.45, 7) is 5.18. The first kappa shape index (κ1) is 19.1. The van der Waals surface area contributed by atoms with Gasteiger partial charge in [-0.1, -0.05) is 18.1 Å². The number of carbonyl (C=O) groups is 2. The number of benzene rings is 1. The molecule has 1 N–H and O–H groups in total. The second-order valence-corrected chi connectivity index (χ2v) is 5.87. The molecule has 0 spiro atoms. The third-order valence-electron chi connectivity index (χ3n) is 3.90. The van der Waals surface area contributed by atoms with Crippen molar-refractivity contribution in [1.82, 2.24) is 10.1 Å². The molecule has 2 amide bonds. The van der Waals surface area contributed by atoms with Gasteiger partial charge in [0.2, 0.25) is 5.91 Å². The summed E-state index contributed by atoms with van der Waals surface area (Å²) in [7, 11) is 0. The van der Waals surface area contributed by atoms with Crippen molar-refractivity contribution >= 4 is 23.3 Å². The van der Waals surface area contributed by atoms with E-state index < -0.39 is 16.7 Å². The zero-order chi connectivity index (χ0) is 19.3. The van der Waals surface area contributed by atoms with Crippen LogP contribution in [0, 0.1) is 17.0 Å². The van der Waals surface area contributed by atoms with Crippen LogP contribution >= 0.6 is 0 Å². The third kappa shape index (κ3) is 4.65. The minimum atomic E-state index is -0.565. The van der Waals surface area contributed by atoms with Crippen LogP contribution in [0.5, 0.6) is 0 Å². The van der Waals surface area contributed by atoms with Gasteiger partial charge in [0, 0.05) is 29.8 Å². The minimum absolute atomic E-state index is 0.157. The Hall–Kier alpha value is -3.23. The van der Waals surface area contributed by atoms with Crippen LogP contribution in [0.3, 0.4) is 0 Å². The predicted molar refractivity (Wildman–Crippen MR) is 93.8 cm³/mol. The molecule has 1 aromatic heterocycles. The Morgan fingerprint density at radius 1 is 1.38 bits per heavy atom. The molecule has 1 aromatic carbocycles. The van der Waals surface area contributed by atoms with E-state index in [4.69, 9.17) is 4.52 Å². The second-order valence-electron chi connectivity index (χ2n) is 5.87. The number of aromatic nitrogens is 1. The van der Waals surface area contributed by atoms with Gasteiger partial charge in [-0.3, -0.25) is 19.7 Å². The lowest BCUT2D eigenvalue weighted by Gasteiger charge is -2.28. The molecular weight excluding hydrogens is 340 g/mol. The van der Waals surface area contributed by atoms with Crippen molar-refractivity contribution in [2.24, 2.45) is 0 Å². The maximum Gasteiger partial charge on any atom is 0.270 e. The molecule has 2 aromatic rings. The van der Waals surface area contributed by atoms with Crippen LogP contribution < -0.4 is 5.32 Å².